The van der Waals surface area contributed by atoms with E-state index < -0.39 is 76.8 Å². The molecule has 5 atom stereocenters. The number of hydrogen-bond acceptors (Lipinski definition) is 11. The summed E-state index contributed by atoms with van der Waals surface area (Å²) in [4.78, 5) is 98.7. The van der Waals surface area contributed by atoms with Crippen molar-refractivity contribution in [2.45, 2.75) is 128 Å². The Balaban J connectivity index is 1.40. The zero-order valence-corrected chi connectivity index (χ0v) is 31.2. The van der Waals surface area contributed by atoms with Crippen molar-refractivity contribution in [1.29, 1.82) is 0 Å². The molecule has 4 N–H and O–H groups in total. The van der Waals surface area contributed by atoms with Crippen LogP contribution in [0.2, 0.25) is 0 Å². The molecule has 5 rings (SSSR count). The Kier molecular flexibility index (Phi) is 13.2. The molecule has 0 spiro atoms. The summed E-state index contributed by atoms with van der Waals surface area (Å²) in [7, 11) is 0. The predicted molar refractivity (Wildman–Crippen MR) is 191 cm³/mol. The maximum Gasteiger partial charge on any atom is 0.289 e. The molecule has 2 aromatic rings. The standard InChI is InChI=1S/C37H50FN9O7/c1-5-9-25(29(48)34(52)43-22-12-13-22)44-32(50)27-16-23(54-35-24(38)17-40-20-42-35)19-47(27)36(53)30(37(2,3)4)46-33(51)28(21-10-7-6-8-11-21)45-31(49)26-18-39-14-15-41-26/h14-15,17-18,20-23,25,27-28,30H,5-13,16,19H2,1-4H3,(H,43,52)(H,44,50)(H,45,49)(H,46,51)/t23-,25?,27+,28?,30?/m0/s1. The predicted octanol–water partition coefficient (Wildman–Crippen LogP) is 1.80. The number of nitrogens with one attached hydrogen (secondary N) is 4. The van der Waals surface area contributed by atoms with Crippen LogP contribution in [0.4, 0.5) is 4.39 Å². The van der Waals surface area contributed by atoms with Crippen molar-refractivity contribution in [3.05, 3.63) is 42.6 Å². The number of carbonyl (C=O) groups is 6. The van der Waals surface area contributed by atoms with Crippen molar-refractivity contribution in [3.8, 4) is 5.88 Å². The lowest BCUT2D eigenvalue weighted by Crippen LogP contribution is -2.62. The van der Waals surface area contributed by atoms with E-state index in [1.165, 1.54) is 23.5 Å². The molecule has 292 valence electrons. The molecule has 3 unspecified atom stereocenters. The molecule has 0 aromatic carbocycles. The summed E-state index contributed by atoms with van der Waals surface area (Å²) in [6, 6.07) is -4.63. The molecule has 0 radical (unpaired) electrons. The fraction of sp³-hybridized carbons (Fsp3) is 0.622. The molecule has 1 saturated heterocycles. The van der Waals surface area contributed by atoms with E-state index in [-0.39, 0.29) is 42.9 Å². The smallest absolute Gasteiger partial charge is 0.289 e. The molecular weight excluding hydrogens is 701 g/mol. The maximum absolute atomic E-state index is 14.7. The summed E-state index contributed by atoms with van der Waals surface area (Å²) in [6.07, 6.45) is 11.5. The Bertz CT molecular complexity index is 1680. The van der Waals surface area contributed by atoms with Crippen molar-refractivity contribution in [1.82, 2.24) is 46.1 Å². The number of hydrogen-bond donors (Lipinski definition) is 4. The number of carbonyl (C=O) groups excluding carboxylic acids is 6. The van der Waals surface area contributed by atoms with Gasteiger partial charge in [0.1, 0.15) is 36.3 Å². The number of ketones is 1. The molecule has 3 fully saturated rings. The Hall–Kier alpha value is -5.09. The highest BCUT2D eigenvalue weighted by molar-refractivity contribution is 6.38. The summed E-state index contributed by atoms with van der Waals surface area (Å²) in [5.74, 6) is -5.47. The van der Waals surface area contributed by atoms with E-state index in [1.807, 2.05) is 6.92 Å². The van der Waals surface area contributed by atoms with Crippen LogP contribution in [0.25, 0.3) is 0 Å². The van der Waals surface area contributed by atoms with Crippen molar-refractivity contribution in [3.63, 3.8) is 0 Å². The van der Waals surface area contributed by atoms with Crippen LogP contribution in [0.3, 0.4) is 0 Å². The molecule has 2 aliphatic carbocycles. The topological polar surface area (TPSA) is 215 Å². The molecular formula is C37H50FN9O7. The second-order valence-corrected chi connectivity index (χ2v) is 15.4. The quantitative estimate of drug-likeness (QED) is 0.193. The normalized spacial score (nSPS) is 20.6. The molecule has 3 aliphatic rings. The Morgan fingerprint density at radius 1 is 0.944 bits per heavy atom. The minimum atomic E-state index is -1.22. The first-order valence-corrected chi connectivity index (χ1v) is 18.7. The van der Waals surface area contributed by atoms with Crippen LogP contribution < -0.4 is 26.0 Å². The lowest BCUT2D eigenvalue weighted by atomic mass is 9.82. The summed E-state index contributed by atoms with van der Waals surface area (Å²) in [6.45, 7) is 6.89. The Labute approximate surface area is 313 Å². The Morgan fingerprint density at radius 3 is 2.31 bits per heavy atom. The monoisotopic (exact) mass is 751 g/mol. The number of amides is 5. The van der Waals surface area contributed by atoms with Crippen LogP contribution in [0.15, 0.2) is 31.1 Å². The molecule has 17 heteroatoms. The highest BCUT2D eigenvalue weighted by atomic mass is 19.1. The lowest BCUT2D eigenvalue weighted by Gasteiger charge is -2.37. The van der Waals surface area contributed by atoms with E-state index in [0.29, 0.717) is 19.3 Å². The number of halogens is 1. The second-order valence-electron chi connectivity index (χ2n) is 15.4. The molecule has 0 bridgehead atoms. The first-order chi connectivity index (χ1) is 25.8. The van der Waals surface area contributed by atoms with Crippen LogP contribution in [0.1, 0.15) is 102 Å². The average molecular weight is 752 g/mol. The van der Waals surface area contributed by atoms with Crippen LogP contribution >= 0.6 is 0 Å². The molecule has 54 heavy (non-hydrogen) atoms. The van der Waals surface area contributed by atoms with Crippen molar-refractivity contribution < 1.29 is 37.9 Å². The molecule has 5 amide bonds. The summed E-state index contributed by atoms with van der Waals surface area (Å²) >= 11 is 0. The highest BCUT2D eigenvalue weighted by Crippen LogP contribution is 2.31. The minimum absolute atomic E-state index is 0.0384. The number of aromatic nitrogens is 4. The van der Waals surface area contributed by atoms with Crippen LogP contribution in [-0.2, 0) is 24.0 Å². The van der Waals surface area contributed by atoms with Gasteiger partial charge in [0, 0.05) is 24.9 Å². The van der Waals surface area contributed by atoms with Crippen LogP contribution in [0, 0.1) is 17.2 Å². The van der Waals surface area contributed by atoms with Gasteiger partial charge in [0.05, 0.1) is 25.0 Å². The first-order valence-electron chi connectivity index (χ1n) is 18.7. The third-order valence-electron chi connectivity index (χ3n) is 9.99. The average Bonchev–Trinajstić information content (AvgIpc) is 3.87. The van der Waals surface area contributed by atoms with E-state index in [4.69, 9.17) is 4.74 Å². The molecule has 16 nitrogen and oxygen atoms in total. The van der Waals surface area contributed by atoms with Gasteiger partial charge in [-0.25, -0.2) is 9.97 Å². The lowest BCUT2D eigenvalue weighted by molar-refractivity contribution is -0.145. The number of rotatable bonds is 15. The zero-order valence-electron chi connectivity index (χ0n) is 31.2. The van der Waals surface area contributed by atoms with Gasteiger partial charge in [0.25, 0.3) is 17.7 Å². The molecule has 1 aliphatic heterocycles. The molecule has 2 aromatic heterocycles. The van der Waals surface area contributed by atoms with E-state index in [1.54, 1.807) is 20.8 Å². The van der Waals surface area contributed by atoms with Crippen molar-refractivity contribution in [2.75, 3.05) is 6.54 Å². The van der Waals surface area contributed by atoms with Gasteiger partial charge in [0.2, 0.25) is 29.3 Å². The van der Waals surface area contributed by atoms with Gasteiger partial charge in [-0.1, -0.05) is 53.4 Å². The van der Waals surface area contributed by atoms with E-state index in [9.17, 15) is 33.2 Å². The van der Waals surface area contributed by atoms with Crippen molar-refractivity contribution >= 4 is 35.3 Å². The number of nitrogens with zero attached hydrogens (tertiary/aromatic N) is 5. The van der Waals surface area contributed by atoms with Gasteiger partial charge in [-0.05, 0) is 43.4 Å². The SMILES string of the molecule is CCCC(NC(=O)[C@H]1C[C@H](Oc2ncncc2F)CN1C(=O)C(NC(=O)C(NC(=O)c1cnccn1)C1CCCCC1)C(C)(C)C)C(=O)C(=O)NC1CC1. The maximum atomic E-state index is 14.7. The fourth-order valence-electron chi connectivity index (χ4n) is 6.93. The van der Waals surface area contributed by atoms with Gasteiger partial charge < -0.3 is 30.9 Å². The third-order valence-corrected chi connectivity index (χ3v) is 9.99. The van der Waals surface area contributed by atoms with Crippen molar-refractivity contribution in [2.24, 2.45) is 11.3 Å². The number of Topliss-reactive ketones (excluding diaryl/α,β-unsaturated/α-hetero) is 1. The zero-order chi connectivity index (χ0) is 39.0. The molecule has 2 saturated carbocycles. The second kappa shape index (κ2) is 17.8. The van der Waals surface area contributed by atoms with Gasteiger partial charge in [0.15, 0.2) is 0 Å². The number of likely N-dealkylation sites (tertiary alicyclic amines) is 1. The van der Waals surface area contributed by atoms with E-state index >= 15 is 0 Å². The van der Waals surface area contributed by atoms with E-state index in [0.717, 1.165) is 44.6 Å². The van der Waals surface area contributed by atoms with Crippen LogP contribution in [-0.4, -0.2) is 103 Å². The van der Waals surface area contributed by atoms with Gasteiger partial charge in [-0.2, -0.15) is 9.37 Å². The third kappa shape index (κ3) is 10.3. The summed E-state index contributed by atoms with van der Waals surface area (Å²) < 4.78 is 20.4. The minimum Gasteiger partial charge on any atom is -0.470 e. The number of ether oxygens (including phenoxy) is 1. The summed E-state index contributed by atoms with van der Waals surface area (Å²) in [5.41, 5.74) is -0.865. The highest BCUT2D eigenvalue weighted by Gasteiger charge is 2.47. The van der Waals surface area contributed by atoms with Gasteiger partial charge in [-0.3, -0.25) is 33.8 Å². The van der Waals surface area contributed by atoms with Gasteiger partial charge in [-0.15, -0.1) is 0 Å². The first kappa shape index (κ1) is 40.1. The fourth-order valence-corrected chi connectivity index (χ4v) is 6.93. The van der Waals surface area contributed by atoms with E-state index in [2.05, 4.69) is 41.2 Å². The van der Waals surface area contributed by atoms with Gasteiger partial charge >= 0.3 is 0 Å². The van der Waals surface area contributed by atoms with Crippen LogP contribution in [0.5, 0.6) is 5.88 Å². The molecule has 3 heterocycles. The largest absolute Gasteiger partial charge is 0.470 e. The Morgan fingerprint density at radius 2 is 1.69 bits per heavy atom. The summed E-state index contributed by atoms with van der Waals surface area (Å²) in [5, 5.41) is 11.1.